The fourth-order valence-electron chi connectivity index (χ4n) is 10.2. The molecule has 0 bridgehead atoms. The number of nitro groups is 2. The van der Waals surface area contributed by atoms with Crippen molar-refractivity contribution in [2.75, 3.05) is 36.0 Å². The number of hydrogen-bond donors (Lipinski definition) is 7. The first kappa shape index (κ1) is 58.8. The number of carboxylic acid groups (broad SMARTS) is 1. The van der Waals surface area contributed by atoms with Crippen LogP contribution in [0.1, 0.15) is 76.8 Å². The number of pyridine rings is 1. The van der Waals surface area contributed by atoms with Crippen LogP contribution in [0.5, 0.6) is 0 Å². The monoisotopic (exact) mass is 1150 g/mol. The smallest absolute Gasteiger partial charge is 0.335 e. The number of benzene rings is 6. The summed E-state index contributed by atoms with van der Waals surface area (Å²) in [7, 11) is 0. The van der Waals surface area contributed by atoms with E-state index in [0.29, 0.717) is 71.2 Å². The van der Waals surface area contributed by atoms with E-state index in [-0.39, 0.29) is 64.4 Å². The fraction of sp³-hybridized carbons (Fsp3) is 0.226. The van der Waals surface area contributed by atoms with E-state index in [1.807, 2.05) is 59.5 Å². The predicted octanol–water partition coefficient (Wildman–Crippen LogP) is 9.39. The Balaban J connectivity index is 0.000000174. The number of likely N-dealkylation sites (tertiary alicyclic amines) is 2. The second-order valence-electron chi connectivity index (χ2n) is 20.8. The Morgan fingerprint density at radius 2 is 1.08 bits per heavy atom. The maximum Gasteiger partial charge on any atom is 0.335 e. The van der Waals surface area contributed by atoms with E-state index in [1.165, 1.54) is 42.5 Å². The van der Waals surface area contributed by atoms with Crippen LogP contribution < -0.4 is 22.9 Å². The molecule has 6 aromatic carbocycles. The Labute approximate surface area is 486 Å². The predicted molar refractivity (Wildman–Crippen MR) is 322 cm³/mol. The number of aromatic nitrogens is 5. The zero-order valence-electron chi connectivity index (χ0n) is 46.0. The lowest BCUT2D eigenvalue weighted by atomic mass is 9.84. The highest BCUT2D eigenvalue weighted by atomic mass is 16.6. The number of carbonyl (C=O) groups is 5. The maximum atomic E-state index is 13.3. The van der Waals surface area contributed by atoms with Crippen LogP contribution in [-0.4, -0.2) is 104 Å². The van der Waals surface area contributed by atoms with Crippen molar-refractivity contribution in [1.82, 2.24) is 34.7 Å². The molecule has 1 aliphatic carbocycles. The third-order valence-corrected chi connectivity index (χ3v) is 15.0. The van der Waals surface area contributed by atoms with Crippen molar-refractivity contribution >= 4 is 85.5 Å². The number of nitrogens with one attached hydrogen (secondary N) is 2. The number of imidazole rings is 2. The van der Waals surface area contributed by atoms with Crippen LogP contribution in [0.25, 0.3) is 44.8 Å². The summed E-state index contributed by atoms with van der Waals surface area (Å²) in [5.41, 5.74) is 30.8. The Morgan fingerprint density at radius 3 is 1.64 bits per heavy atom. The number of nitrogen functional groups attached to an aromatic ring is 4. The standard InChI is InChI=1S/C36H37N5O4.C13H10N4O2.C7H7NO2.C6H7N3O2/c42-32(30-8-4-18-41(30)36(45)27-7-2-16-37-22-27)20-23-10-13-25(14-11-23)34-38-28-15-12-24(19-29(28)39-34)21-33(43)31-9-3-17-40(31)35(44)26-5-1-6-26;14-9-3-1-8(2-4-9)13-15-11-6-5-10(17(18)19)7-12(11)16-13;8-6-3-1-5(2-4-6)7(9)10;7-5-2-1-4(9(10)11)3-6(5)8/h2,7,10-16,19,22,26,30-31H,1,3-6,8-9,17-18,20-21H2,(H,38,39);1-7H,14H2,(H,15,16);1-4H,8H2,(H,9,10);1-3H,7-8H2/t30-,31-;;;/m0.../s1. The summed E-state index contributed by atoms with van der Waals surface area (Å²) in [6.07, 6.45) is 9.84. The largest absolute Gasteiger partial charge is 0.478 e. The molecule has 434 valence electrons. The van der Waals surface area contributed by atoms with Gasteiger partial charge in [-0.3, -0.25) is 44.4 Å². The molecule has 11 N–H and O–H groups in total. The van der Waals surface area contributed by atoms with Crippen molar-refractivity contribution in [2.45, 2.75) is 69.9 Å². The fourth-order valence-corrected chi connectivity index (χ4v) is 10.2. The first-order valence-electron chi connectivity index (χ1n) is 27.4. The number of Topliss-reactive ketones (excluding diaryl/α,β-unsaturated/α-hetero) is 2. The molecule has 2 amide bonds. The minimum atomic E-state index is -0.931. The third-order valence-electron chi connectivity index (χ3n) is 15.0. The van der Waals surface area contributed by atoms with Crippen molar-refractivity contribution in [3.63, 3.8) is 0 Å². The molecule has 5 heterocycles. The first-order valence-corrected chi connectivity index (χ1v) is 27.4. The molecular formula is C62H61N13O10. The van der Waals surface area contributed by atoms with Gasteiger partial charge < -0.3 is 47.8 Å². The third kappa shape index (κ3) is 14.4. The van der Waals surface area contributed by atoms with Crippen molar-refractivity contribution < 1.29 is 38.9 Å². The van der Waals surface area contributed by atoms with Gasteiger partial charge in [-0.1, -0.05) is 36.8 Å². The second kappa shape index (κ2) is 26.4. The van der Waals surface area contributed by atoms with Gasteiger partial charge in [0.05, 0.1) is 66.5 Å². The lowest BCUT2D eigenvalue weighted by molar-refractivity contribution is -0.384. The minimum absolute atomic E-state index is 0.0384. The number of ketones is 2. The van der Waals surface area contributed by atoms with Crippen LogP contribution in [0.15, 0.2) is 152 Å². The topological polar surface area (TPSA) is 373 Å². The molecule has 12 rings (SSSR count). The van der Waals surface area contributed by atoms with Crippen LogP contribution in [0.3, 0.4) is 0 Å². The Kier molecular flexibility index (Phi) is 18.3. The van der Waals surface area contributed by atoms with E-state index in [4.69, 9.17) is 33.0 Å². The SMILES string of the molecule is Nc1ccc(-c2nc3ccc([N+](=O)[O-])cc3[nH]2)cc1.Nc1ccc(C(=O)O)cc1.Nc1ccc([N+](=O)[O-])cc1N.O=C(Cc1ccc(-c2nc3ccc(CC(=O)[C@@H]4CCCN4C(=O)C4CCC4)cc3[nH]2)cc1)[C@@H]1CCCN1C(=O)c1cccnc1. The molecule has 0 unspecified atom stereocenters. The molecule has 0 spiro atoms. The van der Waals surface area contributed by atoms with Gasteiger partial charge in [0.25, 0.3) is 17.3 Å². The van der Waals surface area contributed by atoms with Crippen molar-refractivity contribution in [3.8, 4) is 22.8 Å². The van der Waals surface area contributed by atoms with Gasteiger partial charge in [0, 0.05) is 91.0 Å². The number of carboxylic acids is 1. The number of amides is 2. The number of fused-ring (bicyclic) bond motifs is 2. The van der Waals surface area contributed by atoms with E-state index in [0.717, 1.165) is 71.8 Å². The van der Waals surface area contributed by atoms with Gasteiger partial charge in [-0.25, -0.2) is 14.8 Å². The normalized spacial score (nSPS) is 15.3. The molecule has 3 aromatic heterocycles. The molecule has 1 saturated carbocycles. The number of non-ortho nitro benzene ring substituents is 2. The van der Waals surface area contributed by atoms with Gasteiger partial charge in [-0.05, 0) is 135 Å². The quantitative estimate of drug-likeness (QED) is 0.0321. The summed E-state index contributed by atoms with van der Waals surface area (Å²) in [4.78, 5) is 106. The zero-order valence-corrected chi connectivity index (χ0v) is 46.0. The maximum absolute atomic E-state index is 13.3. The summed E-state index contributed by atoms with van der Waals surface area (Å²) >= 11 is 0. The van der Waals surface area contributed by atoms with Gasteiger partial charge in [0.2, 0.25) is 5.91 Å². The van der Waals surface area contributed by atoms with E-state index in [1.54, 1.807) is 59.8 Å². The first-order chi connectivity index (χ1) is 40.9. The van der Waals surface area contributed by atoms with Crippen LogP contribution in [-0.2, 0) is 27.2 Å². The molecule has 23 heteroatoms. The number of nitrogens with zero attached hydrogens (tertiary/aromatic N) is 7. The molecule has 2 atom stereocenters. The number of carbonyl (C=O) groups excluding carboxylic acids is 4. The summed E-state index contributed by atoms with van der Waals surface area (Å²) in [6, 6.07) is 38.2. The lowest BCUT2D eigenvalue weighted by Crippen LogP contribution is -2.45. The number of rotatable bonds is 13. The number of aromatic carboxylic acids is 1. The number of anilines is 4. The second-order valence-corrected chi connectivity index (χ2v) is 20.8. The number of hydrogen-bond acceptors (Lipinski definition) is 16. The van der Waals surface area contributed by atoms with Crippen LogP contribution >= 0.6 is 0 Å². The molecule has 0 radical (unpaired) electrons. The molecule has 23 nitrogen and oxygen atoms in total. The Bertz CT molecular complexity index is 3920. The van der Waals surface area contributed by atoms with Crippen LogP contribution in [0, 0.1) is 26.1 Å². The van der Waals surface area contributed by atoms with Gasteiger partial charge in [-0.15, -0.1) is 0 Å². The van der Waals surface area contributed by atoms with Gasteiger partial charge >= 0.3 is 5.97 Å². The number of aromatic amines is 2. The van der Waals surface area contributed by atoms with Crippen molar-refractivity contribution in [3.05, 3.63) is 194 Å². The van der Waals surface area contributed by atoms with Crippen molar-refractivity contribution in [2.24, 2.45) is 5.92 Å². The van der Waals surface area contributed by atoms with E-state index >= 15 is 0 Å². The summed E-state index contributed by atoms with van der Waals surface area (Å²) in [5, 5.41) is 29.3. The van der Waals surface area contributed by atoms with E-state index in [2.05, 4.69) is 19.9 Å². The molecule has 3 fully saturated rings. The summed E-state index contributed by atoms with van der Waals surface area (Å²) < 4.78 is 0. The number of nitro benzene ring substituents is 2. The van der Waals surface area contributed by atoms with Gasteiger partial charge in [-0.2, -0.15) is 0 Å². The number of nitrogens with two attached hydrogens (primary N) is 4. The lowest BCUT2D eigenvalue weighted by Gasteiger charge is -2.32. The summed E-state index contributed by atoms with van der Waals surface area (Å²) in [5.74, 6) is 0.713. The molecular weight excluding hydrogens is 1090 g/mol. The molecule has 9 aromatic rings. The highest BCUT2D eigenvalue weighted by molar-refractivity contribution is 5.99. The van der Waals surface area contributed by atoms with Crippen LogP contribution in [0.2, 0.25) is 0 Å². The summed E-state index contributed by atoms with van der Waals surface area (Å²) in [6.45, 7) is 1.26. The highest BCUT2D eigenvalue weighted by Crippen LogP contribution is 2.33. The van der Waals surface area contributed by atoms with Crippen molar-refractivity contribution in [1.29, 1.82) is 0 Å². The minimum Gasteiger partial charge on any atom is -0.478 e. The molecule has 2 aliphatic heterocycles. The highest BCUT2D eigenvalue weighted by Gasteiger charge is 2.39. The van der Waals surface area contributed by atoms with Gasteiger partial charge in [0.15, 0.2) is 11.6 Å². The van der Waals surface area contributed by atoms with E-state index in [9.17, 15) is 44.2 Å². The Hall–Kier alpha value is -10.8. The molecule has 3 aliphatic rings. The number of H-pyrrole nitrogens is 2. The Morgan fingerprint density at radius 1 is 0.565 bits per heavy atom. The average Bonchev–Trinajstić information content (AvgIpc) is 4.50. The molecule has 2 saturated heterocycles. The zero-order chi connectivity index (χ0) is 60.3. The molecule has 85 heavy (non-hydrogen) atoms. The van der Waals surface area contributed by atoms with Gasteiger partial charge in [0.1, 0.15) is 11.6 Å². The van der Waals surface area contributed by atoms with E-state index < -0.39 is 21.9 Å². The van der Waals surface area contributed by atoms with Crippen LogP contribution in [0.4, 0.5) is 34.1 Å². The average molecular weight is 1150 g/mol.